The van der Waals surface area contributed by atoms with E-state index in [4.69, 9.17) is 16.2 Å². The summed E-state index contributed by atoms with van der Waals surface area (Å²) in [6, 6.07) is 16.3. The highest BCUT2D eigenvalue weighted by Crippen LogP contribution is 2.23. The van der Waals surface area contributed by atoms with Gasteiger partial charge in [-0.15, -0.1) is 0 Å². The first kappa shape index (κ1) is 26.1. The zero-order chi connectivity index (χ0) is 26.3. The van der Waals surface area contributed by atoms with Crippen molar-refractivity contribution < 1.29 is 37.3 Å². The Morgan fingerprint density at radius 3 is 2.03 bits per heavy atom. The van der Waals surface area contributed by atoms with Crippen molar-refractivity contribution in [2.24, 2.45) is 0 Å². The lowest BCUT2D eigenvalue weighted by Gasteiger charge is -2.10. The Morgan fingerprint density at radius 2 is 1.47 bits per heavy atom. The molecule has 0 saturated carbocycles. The van der Waals surface area contributed by atoms with Gasteiger partial charge in [0.1, 0.15) is 11.5 Å². The van der Waals surface area contributed by atoms with Gasteiger partial charge in [-0.25, -0.2) is 9.59 Å². The molecule has 0 aliphatic carbocycles. The highest BCUT2D eigenvalue weighted by molar-refractivity contribution is 5.93. The minimum atomic E-state index is -4.46. The molecule has 0 unspecified atom stereocenters. The molecule has 0 saturated heterocycles. The van der Waals surface area contributed by atoms with Gasteiger partial charge in [0.05, 0.1) is 5.56 Å². The number of hydrogen-bond acceptors (Lipinski definition) is 6. The van der Waals surface area contributed by atoms with E-state index in [0.717, 1.165) is 5.56 Å². The quantitative estimate of drug-likeness (QED) is 0.161. The van der Waals surface area contributed by atoms with E-state index in [9.17, 15) is 27.9 Å². The number of nitrogens with two attached hydrogens (primary N) is 2. The number of esters is 1. The van der Waals surface area contributed by atoms with Crippen LogP contribution in [0, 0.1) is 0 Å². The lowest BCUT2D eigenvalue weighted by atomic mass is 10.0. The van der Waals surface area contributed by atoms with Gasteiger partial charge in [0.2, 0.25) is 0 Å². The van der Waals surface area contributed by atoms with Crippen molar-refractivity contribution in [3.63, 3.8) is 0 Å². The van der Waals surface area contributed by atoms with E-state index in [1.165, 1.54) is 42.5 Å². The minimum absolute atomic E-state index is 0.0169. The molecule has 5 N–H and O–H groups in total. The summed E-state index contributed by atoms with van der Waals surface area (Å²) in [5, 5.41) is 9.57. The van der Waals surface area contributed by atoms with Crippen LogP contribution in [0.1, 0.15) is 27.9 Å². The number of carboxylic acid groups (broad SMARTS) is 1. The summed E-state index contributed by atoms with van der Waals surface area (Å²) in [7, 11) is 0. The fourth-order valence-corrected chi connectivity index (χ4v) is 3.26. The van der Waals surface area contributed by atoms with Crippen LogP contribution in [0.15, 0.2) is 72.3 Å². The molecular formula is C26H23F3N2O5. The molecule has 0 fully saturated rings. The number of halogens is 3. The van der Waals surface area contributed by atoms with Crippen LogP contribution in [0.4, 0.5) is 24.5 Å². The number of rotatable bonds is 9. The first-order valence-electron chi connectivity index (χ1n) is 10.7. The molecule has 0 aromatic heterocycles. The number of anilines is 2. The van der Waals surface area contributed by atoms with E-state index >= 15 is 0 Å². The number of carbonyl (C=O) groups is 2. The first-order chi connectivity index (χ1) is 17.0. The Balaban J connectivity index is 1.62. The number of nitrogen functional groups attached to an aromatic ring is 2. The molecule has 0 radical (unpaired) electrons. The van der Waals surface area contributed by atoms with E-state index in [2.05, 4.69) is 4.74 Å². The topological polar surface area (TPSA) is 125 Å². The van der Waals surface area contributed by atoms with Gasteiger partial charge in [-0.3, -0.25) is 0 Å². The monoisotopic (exact) mass is 500 g/mol. The van der Waals surface area contributed by atoms with Crippen LogP contribution in [-0.2, 0) is 11.2 Å². The number of carboxylic acids is 1. The van der Waals surface area contributed by atoms with Crippen molar-refractivity contribution in [1.29, 1.82) is 0 Å². The van der Waals surface area contributed by atoms with E-state index in [1.807, 2.05) is 0 Å². The maximum Gasteiger partial charge on any atom is 0.422 e. The third-order valence-electron chi connectivity index (χ3n) is 4.92. The zero-order valence-corrected chi connectivity index (χ0v) is 18.9. The molecule has 0 amide bonds. The SMILES string of the molecule is Nc1cc(N)cc(CCC(=Cc2ccc(C(=O)Oc3ccc(OCC(F)(F)F)cc3)cc2)C(=O)O)c1. The Morgan fingerprint density at radius 1 is 0.889 bits per heavy atom. The van der Waals surface area contributed by atoms with E-state index in [0.29, 0.717) is 23.4 Å². The van der Waals surface area contributed by atoms with Gasteiger partial charge in [0.15, 0.2) is 6.61 Å². The van der Waals surface area contributed by atoms with Crippen molar-refractivity contribution in [3.05, 3.63) is 89.0 Å². The Labute approximate surface area is 204 Å². The van der Waals surface area contributed by atoms with Crippen LogP contribution in [-0.4, -0.2) is 29.8 Å². The minimum Gasteiger partial charge on any atom is -0.484 e. The molecule has 0 spiro atoms. The van der Waals surface area contributed by atoms with Gasteiger partial charge in [-0.1, -0.05) is 12.1 Å². The molecule has 7 nitrogen and oxygen atoms in total. The van der Waals surface area contributed by atoms with E-state index in [1.54, 1.807) is 30.3 Å². The molecule has 3 aromatic rings. The summed E-state index contributed by atoms with van der Waals surface area (Å²) in [6.45, 7) is -1.42. The fourth-order valence-electron chi connectivity index (χ4n) is 3.26. The Kier molecular flexibility index (Phi) is 8.21. The average Bonchev–Trinajstić information content (AvgIpc) is 2.80. The van der Waals surface area contributed by atoms with Crippen molar-refractivity contribution >= 4 is 29.4 Å². The smallest absolute Gasteiger partial charge is 0.422 e. The number of carbonyl (C=O) groups excluding carboxylic acids is 1. The third kappa shape index (κ3) is 8.08. The van der Waals surface area contributed by atoms with E-state index < -0.39 is 24.7 Å². The summed E-state index contributed by atoms with van der Waals surface area (Å²) >= 11 is 0. The first-order valence-corrected chi connectivity index (χ1v) is 10.7. The van der Waals surface area contributed by atoms with Gasteiger partial charge in [0.25, 0.3) is 0 Å². The highest BCUT2D eigenvalue weighted by atomic mass is 19.4. The molecule has 0 bridgehead atoms. The molecule has 36 heavy (non-hydrogen) atoms. The number of ether oxygens (including phenoxy) is 2. The number of alkyl halides is 3. The summed E-state index contributed by atoms with van der Waals surface area (Å²) in [4.78, 5) is 24.1. The fraction of sp³-hybridized carbons (Fsp3) is 0.154. The van der Waals surface area contributed by atoms with Crippen LogP contribution in [0.2, 0.25) is 0 Å². The highest BCUT2D eigenvalue weighted by Gasteiger charge is 2.28. The number of hydrogen-bond donors (Lipinski definition) is 3. The van der Waals surface area contributed by atoms with Gasteiger partial charge in [-0.05, 0) is 84.6 Å². The van der Waals surface area contributed by atoms with Crippen molar-refractivity contribution in [1.82, 2.24) is 0 Å². The lowest BCUT2D eigenvalue weighted by molar-refractivity contribution is -0.153. The van der Waals surface area contributed by atoms with E-state index in [-0.39, 0.29) is 29.1 Å². The molecule has 10 heteroatoms. The summed E-state index contributed by atoms with van der Waals surface area (Å²) < 4.78 is 46.5. The summed E-state index contributed by atoms with van der Waals surface area (Å²) in [6.07, 6.45) is -2.28. The van der Waals surface area contributed by atoms with Crippen LogP contribution in [0.25, 0.3) is 6.08 Å². The molecular weight excluding hydrogens is 477 g/mol. The van der Waals surface area contributed by atoms with Crippen molar-refractivity contribution in [2.45, 2.75) is 19.0 Å². The molecule has 3 aromatic carbocycles. The Hall–Kier alpha value is -4.47. The third-order valence-corrected chi connectivity index (χ3v) is 4.92. The van der Waals surface area contributed by atoms with Gasteiger partial charge in [0, 0.05) is 16.9 Å². The summed E-state index contributed by atoms with van der Waals surface area (Å²) in [5.74, 6) is -1.65. The normalized spacial score (nSPS) is 11.7. The van der Waals surface area contributed by atoms with Crippen LogP contribution < -0.4 is 20.9 Å². The molecule has 3 rings (SSSR count). The Bertz CT molecular complexity index is 1230. The van der Waals surface area contributed by atoms with Crippen LogP contribution in [0.3, 0.4) is 0 Å². The predicted molar refractivity (Wildman–Crippen MR) is 129 cm³/mol. The van der Waals surface area contributed by atoms with Crippen molar-refractivity contribution in [2.75, 3.05) is 18.1 Å². The number of aryl methyl sites for hydroxylation is 1. The second-order valence-corrected chi connectivity index (χ2v) is 7.87. The summed E-state index contributed by atoms with van der Waals surface area (Å²) in [5.41, 5.74) is 14.3. The van der Waals surface area contributed by atoms with Crippen LogP contribution in [0.5, 0.6) is 11.5 Å². The average molecular weight is 500 g/mol. The standard InChI is InChI=1S/C26H23F3N2O5/c27-26(28,29)15-35-22-7-9-23(10-8-22)36-25(34)18-4-1-16(2-5-18)11-19(24(32)33)6-3-17-12-20(30)14-21(31)13-17/h1-2,4-5,7-14H,3,6,15,30-31H2,(H,32,33). The molecule has 0 atom stereocenters. The zero-order valence-electron chi connectivity index (χ0n) is 18.9. The van der Waals surface area contributed by atoms with Gasteiger partial charge >= 0.3 is 18.1 Å². The molecule has 0 aliphatic heterocycles. The molecule has 0 heterocycles. The maximum absolute atomic E-state index is 12.4. The van der Waals surface area contributed by atoms with Gasteiger partial charge < -0.3 is 26.0 Å². The molecule has 188 valence electrons. The van der Waals surface area contributed by atoms with Crippen LogP contribution >= 0.6 is 0 Å². The second-order valence-electron chi connectivity index (χ2n) is 7.87. The van der Waals surface area contributed by atoms with Gasteiger partial charge in [-0.2, -0.15) is 13.2 Å². The van der Waals surface area contributed by atoms with Crippen molar-refractivity contribution in [3.8, 4) is 11.5 Å². The second kappa shape index (κ2) is 11.3. The molecule has 0 aliphatic rings. The predicted octanol–water partition coefficient (Wildman–Crippen LogP) is 5.11. The number of benzene rings is 3. The largest absolute Gasteiger partial charge is 0.484 e. The lowest BCUT2D eigenvalue weighted by Crippen LogP contribution is -2.19. The number of aliphatic carboxylic acids is 1. The maximum atomic E-state index is 12.4.